The average molecular weight is 258 g/mol. The fourth-order valence-corrected chi connectivity index (χ4v) is 1.95. The van der Waals surface area contributed by atoms with Crippen molar-refractivity contribution >= 4 is 12.0 Å². The molecule has 0 aromatic rings. The molecule has 0 aliphatic heterocycles. The third kappa shape index (κ3) is 4.91. The molecule has 0 radical (unpaired) electrons. The van der Waals surface area contributed by atoms with Crippen LogP contribution in [-0.4, -0.2) is 43.4 Å². The van der Waals surface area contributed by atoms with Crippen LogP contribution in [0.3, 0.4) is 0 Å². The first-order valence-corrected chi connectivity index (χ1v) is 6.21. The van der Waals surface area contributed by atoms with Crippen LogP contribution in [-0.2, 0) is 9.53 Å². The van der Waals surface area contributed by atoms with Gasteiger partial charge in [-0.05, 0) is 18.3 Å². The van der Waals surface area contributed by atoms with E-state index in [1.165, 1.54) is 13.5 Å². The van der Waals surface area contributed by atoms with Crippen molar-refractivity contribution in [3.63, 3.8) is 0 Å². The second-order valence-electron chi connectivity index (χ2n) is 5.18. The van der Waals surface area contributed by atoms with Crippen LogP contribution in [0.5, 0.6) is 0 Å². The van der Waals surface area contributed by atoms with E-state index in [2.05, 4.69) is 17.6 Å². The Hall–Kier alpha value is -1.30. The molecule has 1 aliphatic carbocycles. The number of nitrogens with one attached hydrogen (secondary N) is 2. The summed E-state index contributed by atoms with van der Waals surface area (Å²) >= 11 is 0. The van der Waals surface area contributed by atoms with E-state index in [0.29, 0.717) is 6.54 Å². The minimum absolute atomic E-state index is 0.117. The highest BCUT2D eigenvalue weighted by Gasteiger charge is 2.31. The molecule has 0 heterocycles. The van der Waals surface area contributed by atoms with E-state index in [0.717, 1.165) is 12.8 Å². The van der Waals surface area contributed by atoms with Gasteiger partial charge in [0.25, 0.3) is 0 Å². The smallest absolute Gasteiger partial charge is 0.314 e. The number of rotatable bonds is 7. The fraction of sp³-hybridized carbons (Fsp3) is 0.833. The molecule has 104 valence electrons. The third-order valence-corrected chi connectivity index (χ3v) is 3.46. The zero-order valence-electron chi connectivity index (χ0n) is 11.0. The van der Waals surface area contributed by atoms with Gasteiger partial charge >= 0.3 is 12.0 Å². The van der Waals surface area contributed by atoms with Crippen molar-refractivity contribution in [1.82, 2.24) is 10.6 Å². The SMILES string of the molecule is COC(CNC(=O)NCC1(C)CCC1)CC(=O)O. The van der Waals surface area contributed by atoms with E-state index in [1.54, 1.807) is 0 Å². The van der Waals surface area contributed by atoms with Crippen LogP contribution in [0, 0.1) is 5.41 Å². The van der Waals surface area contributed by atoms with Gasteiger partial charge in [-0.2, -0.15) is 0 Å². The standard InChI is InChI=1S/C12H22N2O4/c1-12(4-3-5-12)8-14-11(17)13-7-9(18-2)6-10(15)16/h9H,3-8H2,1-2H3,(H,15,16)(H2,13,14,17). The Labute approximate surface area is 107 Å². The van der Waals surface area contributed by atoms with Crippen LogP contribution in [0.1, 0.15) is 32.6 Å². The lowest BCUT2D eigenvalue weighted by Crippen LogP contribution is -2.46. The minimum atomic E-state index is -0.939. The molecule has 0 saturated heterocycles. The number of hydrogen-bond acceptors (Lipinski definition) is 3. The van der Waals surface area contributed by atoms with E-state index in [9.17, 15) is 9.59 Å². The van der Waals surface area contributed by atoms with Crippen molar-refractivity contribution in [2.24, 2.45) is 5.41 Å². The Bertz CT molecular complexity index is 302. The number of amides is 2. The molecule has 1 unspecified atom stereocenters. The highest BCUT2D eigenvalue weighted by molar-refractivity contribution is 5.74. The highest BCUT2D eigenvalue weighted by atomic mass is 16.5. The van der Waals surface area contributed by atoms with Crippen molar-refractivity contribution in [3.05, 3.63) is 0 Å². The maximum atomic E-state index is 11.5. The summed E-state index contributed by atoms with van der Waals surface area (Å²) in [7, 11) is 1.43. The Kier molecular flexibility index (Phi) is 5.40. The van der Waals surface area contributed by atoms with Gasteiger partial charge in [0.2, 0.25) is 0 Å². The van der Waals surface area contributed by atoms with Gasteiger partial charge in [-0.1, -0.05) is 13.3 Å². The predicted molar refractivity (Wildman–Crippen MR) is 66.4 cm³/mol. The number of carboxylic acids is 1. The molecule has 1 saturated carbocycles. The van der Waals surface area contributed by atoms with Gasteiger partial charge in [0, 0.05) is 20.2 Å². The summed E-state index contributed by atoms with van der Waals surface area (Å²) in [4.78, 5) is 22.0. The van der Waals surface area contributed by atoms with Gasteiger partial charge in [-0.25, -0.2) is 4.79 Å². The molecular weight excluding hydrogens is 236 g/mol. The number of aliphatic carboxylic acids is 1. The first-order chi connectivity index (χ1) is 8.45. The number of carboxylic acid groups (broad SMARTS) is 1. The summed E-state index contributed by atoms with van der Waals surface area (Å²) in [5.41, 5.74) is 0.235. The lowest BCUT2D eigenvalue weighted by molar-refractivity contribution is -0.139. The van der Waals surface area contributed by atoms with Crippen molar-refractivity contribution < 1.29 is 19.4 Å². The van der Waals surface area contributed by atoms with Crippen molar-refractivity contribution in [2.75, 3.05) is 20.2 Å². The monoisotopic (exact) mass is 258 g/mol. The van der Waals surface area contributed by atoms with E-state index in [1.807, 2.05) is 0 Å². The normalized spacial score (nSPS) is 18.6. The van der Waals surface area contributed by atoms with E-state index in [4.69, 9.17) is 9.84 Å². The Morgan fingerprint density at radius 3 is 2.50 bits per heavy atom. The van der Waals surface area contributed by atoms with Crippen LogP contribution >= 0.6 is 0 Å². The number of carbonyl (C=O) groups excluding carboxylic acids is 1. The van der Waals surface area contributed by atoms with Gasteiger partial charge in [-0.3, -0.25) is 4.79 Å². The minimum Gasteiger partial charge on any atom is -0.481 e. The number of carbonyl (C=O) groups is 2. The summed E-state index contributed by atoms with van der Waals surface area (Å²) in [5, 5.41) is 14.0. The van der Waals surface area contributed by atoms with Crippen LogP contribution in [0.15, 0.2) is 0 Å². The number of urea groups is 1. The number of ether oxygens (including phenoxy) is 1. The molecule has 0 bridgehead atoms. The second kappa shape index (κ2) is 6.58. The van der Waals surface area contributed by atoms with E-state index in [-0.39, 0.29) is 24.4 Å². The molecule has 3 N–H and O–H groups in total. The quantitative estimate of drug-likeness (QED) is 0.635. The molecule has 0 spiro atoms. The Morgan fingerprint density at radius 1 is 1.39 bits per heavy atom. The molecule has 1 rings (SSSR count). The number of hydrogen-bond donors (Lipinski definition) is 3. The summed E-state index contributed by atoms with van der Waals surface area (Å²) in [6.07, 6.45) is 2.91. The zero-order chi connectivity index (χ0) is 13.6. The van der Waals surface area contributed by atoms with Gasteiger partial charge < -0.3 is 20.5 Å². The largest absolute Gasteiger partial charge is 0.481 e. The van der Waals surface area contributed by atoms with Crippen LogP contribution in [0.2, 0.25) is 0 Å². The topological polar surface area (TPSA) is 87.7 Å². The van der Waals surface area contributed by atoms with Crippen LogP contribution in [0.25, 0.3) is 0 Å². The summed E-state index contributed by atoms with van der Waals surface area (Å²) in [6, 6.07) is -0.268. The molecule has 6 heteroatoms. The third-order valence-electron chi connectivity index (χ3n) is 3.46. The first-order valence-electron chi connectivity index (χ1n) is 6.21. The lowest BCUT2D eigenvalue weighted by Gasteiger charge is -2.38. The van der Waals surface area contributed by atoms with Gasteiger partial charge in [0.15, 0.2) is 0 Å². The van der Waals surface area contributed by atoms with Gasteiger partial charge in [0.05, 0.1) is 12.5 Å². The molecule has 2 amide bonds. The maximum absolute atomic E-state index is 11.5. The van der Waals surface area contributed by atoms with Crippen molar-refractivity contribution in [3.8, 4) is 0 Å². The average Bonchev–Trinajstić information content (AvgIpc) is 2.28. The van der Waals surface area contributed by atoms with E-state index >= 15 is 0 Å². The van der Waals surface area contributed by atoms with Crippen LogP contribution in [0.4, 0.5) is 4.79 Å². The highest BCUT2D eigenvalue weighted by Crippen LogP contribution is 2.39. The van der Waals surface area contributed by atoms with Gasteiger partial charge in [-0.15, -0.1) is 0 Å². The van der Waals surface area contributed by atoms with Gasteiger partial charge in [0.1, 0.15) is 0 Å². The first kappa shape index (κ1) is 14.8. The molecule has 1 atom stereocenters. The molecular formula is C12H22N2O4. The maximum Gasteiger partial charge on any atom is 0.314 e. The Balaban J connectivity index is 2.17. The molecule has 18 heavy (non-hydrogen) atoms. The Morgan fingerprint density at radius 2 is 2.06 bits per heavy atom. The second-order valence-corrected chi connectivity index (χ2v) is 5.18. The fourth-order valence-electron chi connectivity index (χ4n) is 1.95. The summed E-state index contributed by atoms with van der Waals surface area (Å²) < 4.78 is 4.97. The predicted octanol–water partition coefficient (Wildman–Crippen LogP) is 0.965. The summed E-state index contributed by atoms with van der Waals surface area (Å²) in [6.45, 7) is 3.01. The van der Waals surface area contributed by atoms with E-state index < -0.39 is 12.1 Å². The molecule has 0 aromatic heterocycles. The molecule has 0 aromatic carbocycles. The lowest BCUT2D eigenvalue weighted by atomic mass is 9.70. The molecule has 1 fully saturated rings. The number of methoxy groups -OCH3 is 1. The summed E-state index contributed by atoms with van der Waals surface area (Å²) in [5.74, 6) is -0.939. The molecule has 1 aliphatic rings. The van der Waals surface area contributed by atoms with Crippen molar-refractivity contribution in [1.29, 1.82) is 0 Å². The van der Waals surface area contributed by atoms with Crippen molar-refractivity contribution in [2.45, 2.75) is 38.7 Å². The zero-order valence-corrected chi connectivity index (χ0v) is 11.0. The van der Waals surface area contributed by atoms with Crippen LogP contribution < -0.4 is 10.6 Å². The molecule has 6 nitrogen and oxygen atoms in total.